The minimum atomic E-state index is -3.72. The zero-order chi connectivity index (χ0) is 22.7. The van der Waals surface area contributed by atoms with E-state index in [1.54, 1.807) is 0 Å². The summed E-state index contributed by atoms with van der Waals surface area (Å²) in [5, 5.41) is 24.0. The molecule has 1 saturated carbocycles. The SMILES string of the molecule is CCCCNS(=O)(=O)C[C@@H](O)C(O)C(CC1CCCCC1)NC(=O)[C@@H](N)CC(C)C. The lowest BCUT2D eigenvalue weighted by Crippen LogP contribution is -2.55. The molecule has 4 atom stereocenters. The third-order valence-electron chi connectivity index (χ3n) is 5.75. The van der Waals surface area contributed by atoms with Crippen LogP contribution in [-0.2, 0) is 14.8 Å². The number of carbonyl (C=O) groups is 1. The number of sulfonamides is 1. The number of aliphatic hydroxyl groups excluding tert-OH is 2. The van der Waals surface area contributed by atoms with E-state index in [9.17, 15) is 23.4 Å². The van der Waals surface area contributed by atoms with Crippen LogP contribution in [0, 0.1) is 11.8 Å². The van der Waals surface area contributed by atoms with Crippen molar-refractivity contribution in [3.05, 3.63) is 0 Å². The van der Waals surface area contributed by atoms with E-state index in [1.807, 2.05) is 20.8 Å². The van der Waals surface area contributed by atoms with Crippen molar-refractivity contribution in [3.8, 4) is 0 Å². The molecule has 1 aliphatic rings. The van der Waals surface area contributed by atoms with Gasteiger partial charge in [0, 0.05) is 6.54 Å². The summed E-state index contributed by atoms with van der Waals surface area (Å²) in [4.78, 5) is 12.6. The molecule has 0 aromatic rings. The highest BCUT2D eigenvalue weighted by Gasteiger charge is 2.34. The van der Waals surface area contributed by atoms with Gasteiger partial charge in [-0.3, -0.25) is 4.79 Å². The van der Waals surface area contributed by atoms with Crippen LogP contribution in [0.25, 0.3) is 0 Å². The molecule has 1 fully saturated rings. The first kappa shape index (κ1) is 27.3. The number of rotatable bonds is 14. The molecule has 8 nitrogen and oxygen atoms in total. The number of nitrogens with two attached hydrogens (primary N) is 1. The second-order valence-electron chi connectivity index (χ2n) is 9.18. The first-order chi connectivity index (χ1) is 14.1. The Hall–Kier alpha value is -0.740. The van der Waals surface area contributed by atoms with Crippen molar-refractivity contribution in [1.82, 2.24) is 10.0 Å². The van der Waals surface area contributed by atoms with Crippen LogP contribution in [-0.4, -0.2) is 61.1 Å². The highest BCUT2D eigenvalue weighted by atomic mass is 32.2. The van der Waals surface area contributed by atoms with Crippen molar-refractivity contribution < 1.29 is 23.4 Å². The topological polar surface area (TPSA) is 142 Å². The van der Waals surface area contributed by atoms with Gasteiger partial charge in [0.15, 0.2) is 0 Å². The molecule has 2 unspecified atom stereocenters. The summed E-state index contributed by atoms with van der Waals surface area (Å²) in [6.07, 6.45) is 5.07. The number of unbranched alkanes of at least 4 members (excludes halogenated alkanes) is 1. The Labute approximate surface area is 182 Å². The average Bonchev–Trinajstić information content (AvgIpc) is 2.66. The molecular weight excluding hydrogens is 406 g/mol. The summed E-state index contributed by atoms with van der Waals surface area (Å²) in [6.45, 7) is 6.20. The summed E-state index contributed by atoms with van der Waals surface area (Å²) < 4.78 is 26.8. The predicted octanol–water partition coefficient (Wildman–Crippen LogP) is 1.26. The molecule has 178 valence electrons. The van der Waals surface area contributed by atoms with Crippen LogP contribution >= 0.6 is 0 Å². The quantitative estimate of drug-likeness (QED) is 0.253. The highest BCUT2D eigenvalue weighted by Crippen LogP contribution is 2.28. The Morgan fingerprint density at radius 3 is 2.37 bits per heavy atom. The van der Waals surface area contributed by atoms with Crippen LogP contribution in [0.3, 0.4) is 0 Å². The van der Waals surface area contributed by atoms with Crippen LogP contribution in [0.4, 0.5) is 0 Å². The number of amides is 1. The molecule has 9 heteroatoms. The molecule has 0 aromatic carbocycles. The number of nitrogens with one attached hydrogen (secondary N) is 2. The molecule has 1 amide bonds. The fourth-order valence-electron chi connectivity index (χ4n) is 4.03. The second-order valence-corrected chi connectivity index (χ2v) is 11.0. The molecule has 0 heterocycles. The van der Waals surface area contributed by atoms with Gasteiger partial charge in [0.1, 0.15) is 6.10 Å². The Balaban J connectivity index is 2.80. The van der Waals surface area contributed by atoms with Crippen molar-refractivity contribution in [1.29, 1.82) is 0 Å². The first-order valence-electron chi connectivity index (χ1n) is 11.4. The van der Waals surface area contributed by atoms with Gasteiger partial charge in [-0.2, -0.15) is 0 Å². The molecule has 0 bridgehead atoms. The van der Waals surface area contributed by atoms with Gasteiger partial charge in [0.05, 0.1) is 23.9 Å². The molecule has 6 N–H and O–H groups in total. The third kappa shape index (κ3) is 10.5. The first-order valence-corrected chi connectivity index (χ1v) is 13.1. The summed E-state index contributed by atoms with van der Waals surface area (Å²) in [5.41, 5.74) is 5.98. The smallest absolute Gasteiger partial charge is 0.237 e. The van der Waals surface area contributed by atoms with Crippen LogP contribution in [0.15, 0.2) is 0 Å². The van der Waals surface area contributed by atoms with Gasteiger partial charge in [-0.05, 0) is 31.1 Å². The van der Waals surface area contributed by atoms with E-state index >= 15 is 0 Å². The van der Waals surface area contributed by atoms with Crippen molar-refractivity contribution in [2.45, 2.75) is 103 Å². The van der Waals surface area contributed by atoms with Crippen molar-refractivity contribution >= 4 is 15.9 Å². The maximum Gasteiger partial charge on any atom is 0.237 e. The van der Waals surface area contributed by atoms with Gasteiger partial charge in [-0.15, -0.1) is 0 Å². The number of aliphatic hydroxyl groups is 2. The molecule has 0 aromatic heterocycles. The lowest BCUT2D eigenvalue weighted by atomic mass is 9.83. The molecule has 1 aliphatic carbocycles. The number of carbonyl (C=O) groups excluding carboxylic acids is 1. The second kappa shape index (κ2) is 13.6. The van der Waals surface area contributed by atoms with Gasteiger partial charge < -0.3 is 21.3 Å². The van der Waals surface area contributed by atoms with Crippen LogP contribution in [0.5, 0.6) is 0 Å². The Bertz CT molecular complexity index is 593. The minimum Gasteiger partial charge on any atom is -0.389 e. The van der Waals surface area contributed by atoms with E-state index in [2.05, 4.69) is 10.0 Å². The molecule has 0 saturated heterocycles. The van der Waals surface area contributed by atoms with Gasteiger partial charge in [0.2, 0.25) is 15.9 Å². The summed E-state index contributed by atoms with van der Waals surface area (Å²) in [5.74, 6) is -0.406. The number of hydrogen-bond acceptors (Lipinski definition) is 6. The van der Waals surface area contributed by atoms with E-state index < -0.39 is 40.1 Å². The summed E-state index contributed by atoms with van der Waals surface area (Å²) in [7, 11) is -3.72. The summed E-state index contributed by atoms with van der Waals surface area (Å²) in [6, 6.07) is -1.44. The maximum absolute atomic E-state index is 12.6. The lowest BCUT2D eigenvalue weighted by Gasteiger charge is -2.33. The molecule has 30 heavy (non-hydrogen) atoms. The zero-order valence-corrected chi connectivity index (χ0v) is 19.7. The summed E-state index contributed by atoms with van der Waals surface area (Å²) >= 11 is 0. The maximum atomic E-state index is 12.6. The molecule has 0 aliphatic heterocycles. The van der Waals surface area contributed by atoms with E-state index in [-0.39, 0.29) is 11.8 Å². The molecule has 0 radical (unpaired) electrons. The minimum absolute atomic E-state index is 0.248. The molecule has 0 spiro atoms. The Morgan fingerprint density at radius 1 is 1.17 bits per heavy atom. The monoisotopic (exact) mass is 449 g/mol. The largest absolute Gasteiger partial charge is 0.389 e. The van der Waals surface area contributed by atoms with Gasteiger partial charge in [-0.1, -0.05) is 59.3 Å². The van der Waals surface area contributed by atoms with Gasteiger partial charge in [0.25, 0.3) is 0 Å². The molecule has 1 rings (SSSR count). The van der Waals surface area contributed by atoms with Crippen LogP contribution in [0.1, 0.15) is 78.6 Å². The van der Waals surface area contributed by atoms with E-state index in [4.69, 9.17) is 5.73 Å². The molecular formula is C21H43N3O5S. The Kier molecular flexibility index (Phi) is 12.4. The fourth-order valence-corrected chi connectivity index (χ4v) is 5.25. The van der Waals surface area contributed by atoms with Gasteiger partial charge in [-0.25, -0.2) is 13.1 Å². The Morgan fingerprint density at radius 2 is 1.80 bits per heavy atom. The number of hydrogen-bond donors (Lipinski definition) is 5. The van der Waals surface area contributed by atoms with Crippen LogP contribution in [0.2, 0.25) is 0 Å². The standard InChI is InChI=1S/C21H43N3O5S/c1-4-5-11-23-30(28,29)14-19(25)20(26)18(13-16-9-7-6-8-10-16)24-21(27)17(22)12-15(2)3/h15-20,23,25-26H,4-14,22H2,1-3H3,(H,24,27)/t17-,18?,19+,20?/m0/s1. The average molecular weight is 450 g/mol. The normalized spacial score (nSPS) is 20.0. The third-order valence-corrected chi connectivity index (χ3v) is 7.18. The van der Waals surface area contributed by atoms with Crippen molar-refractivity contribution in [2.24, 2.45) is 17.6 Å². The van der Waals surface area contributed by atoms with E-state index in [0.717, 1.165) is 32.1 Å². The van der Waals surface area contributed by atoms with E-state index in [1.165, 1.54) is 6.42 Å². The van der Waals surface area contributed by atoms with Gasteiger partial charge >= 0.3 is 0 Å². The van der Waals surface area contributed by atoms with Crippen LogP contribution < -0.4 is 15.8 Å². The fraction of sp³-hybridized carbons (Fsp3) is 0.952. The van der Waals surface area contributed by atoms with Crippen molar-refractivity contribution in [3.63, 3.8) is 0 Å². The highest BCUT2D eigenvalue weighted by molar-refractivity contribution is 7.89. The van der Waals surface area contributed by atoms with E-state index in [0.29, 0.717) is 31.7 Å². The predicted molar refractivity (Wildman–Crippen MR) is 119 cm³/mol. The lowest BCUT2D eigenvalue weighted by molar-refractivity contribution is -0.125. The van der Waals surface area contributed by atoms with Crippen molar-refractivity contribution in [2.75, 3.05) is 12.3 Å². The zero-order valence-electron chi connectivity index (χ0n) is 18.8.